The predicted molar refractivity (Wildman–Crippen MR) is 91.4 cm³/mol. The van der Waals surface area contributed by atoms with Crippen LogP contribution in [-0.4, -0.2) is 28.6 Å². The van der Waals surface area contributed by atoms with E-state index in [9.17, 15) is 14.9 Å². The summed E-state index contributed by atoms with van der Waals surface area (Å²) in [5.74, 6) is -0.237. The lowest BCUT2D eigenvalue weighted by Crippen LogP contribution is -2.43. The molecule has 0 aliphatic carbocycles. The molecular weight excluding hydrogens is 310 g/mol. The third-order valence-electron chi connectivity index (χ3n) is 4.07. The molecule has 8 nitrogen and oxygen atoms in total. The van der Waals surface area contributed by atoms with Gasteiger partial charge >= 0.3 is 0 Å². The number of hydrogen-bond acceptors (Lipinski definition) is 6. The molecule has 2 rings (SSSR count). The fourth-order valence-electron chi connectivity index (χ4n) is 2.42. The van der Waals surface area contributed by atoms with E-state index in [1.807, 2.05) is 0 Å². The van der Waals surface area contributed by atoms with Crippen molar-refractivity contribution in [3.63, 3.8) is 0 Å². The van der Waals surface area contributed by atoms with Gasteiger partial charge in [-0.3, -0.25) is 20.3 Å². The minimum atomic E-state index is -0.462. The third kappa shape index (κ3) is 4.36. The van der Waals surface area contributed by atoms with E-state index in [1.165, 1.54) is 12.1 Å². The summed E-state index contributed by atoms with van der Waals surface area (Å²) in [5.41, 5.74) is 9.76. The Balaban J connectivity index is 1.99. The number of rotatable bonds is 4. The van der Waals surface area contributed by atoms with Gasteiger partial charge in [-0.15, -0.1) is 0 Å². The van der Waals surface area contributed by atoms with E-state index in [-0.39, 0.29) is 29.1 Å². The number of carbonyl (C=O) groups is 1. The van der Waals surface area contributed by atoms with E-state index < -0.39 is 4.92 Å². The second-order valence-electron chi connectivity index (χ2n) is 6.98. The van der Waals surface area contributed by atoms with Gasteiger partial charge in [-0.1, -0.05) is 32.9 Å². The lowest BCUT2D eigenvalue weighted by molar-refractivity contribution is -0.384. The van der Waals surface area contributed by atoms with Crippen LogP contribution in [0.1, 0.15) is 39.7 Å². The lowest BCUT2D eigenvalue weighted by atomic mass is 9.84. The first-order valence-electron chi connectivity index (χ1n) is 7.78. The second kappa shape index (κ2) is 7.06. The molecule has 0 saturated carbocycles. The van der Waals surface area contributed by atoms with E-state index in [2.05, 4.69) is 42.1 Å². The van der Waals surface area contributed by atoms with Crippen molar-refractivity contribution in [1.82, 2.24) is 16.3 Å². The van der Waals surface area contributed by atoms with Crippen molar-refractivity contribution in [2.75, 3.05) is 0 Å². The van der Waals surface area contributed by atoms with Crippen molar-refractivity contribution in [2.24, 2.45) is 10.5 Å². The molecule has 1 saturated heterocycles. The molecule has 0 radical (unpaired) electrons. The van der Waals surface area contributed by atoms with Crippen LogP contribution < -0.4 is 16.3 Å². The number of hydrazone groups is 1. The average molecular weight is 333 g/mol. The van der Waals surface area contributed by atoms with Crippen LogP contribution in [-0.2, 0) is 4.79 Å². The molecule has 3 N–H and O–H groups in total. The second-order valence-corrected chi connectivity index (χ2v) is 6.98. The zero-order valence-corrected chi connectivity index (χ0v) is 14.3. The summed E-state index contributed by atoms with van der Waals surface area (Å²) in [4.78, 5) is 22.5. The first kappa shape index (κ1) is 18.0. The Morgan fingerprint density at radius 2 is 2.08 bits per heavy atom. The highest BCUT2D eigenvalue weighted by Crippen LogP contribution is 2.25. The molecule has 8 heteroatoms. The summed E-state index contributed by atoms with van der Waals surface area (Å²) in [5, 5.41) is 14.9. The van der Waals surface area contributed by atoms with Crippen molar-refractivity contribution >= 4 is 17.3 Å². The highest BCUT2D eigenvalue weighted by Gasteiger charge is 2.35. The fourth-order valence-corrected chi connectivity index (χ4v) is 2.42. The summed E-state index contributed by atoms with van der Waals surface area (Å²) in [6.45, 7) is 8.02. The number of nitrogens with one attached hydrogen (secondary N) is 3. The zero-order valence-electron chi connectivity index (χ0n) is 14.3. The number of nitro groups is 1. The molecule has 24 heavy (non-hydrogen) atoms. The van der Waals surface area contributed by atoms with Gasteiger partial charge in [-0.05, 0) is 18.8 Å². The molecule has 1 amide bonds. The first-order valence-corrected chi connectivity index (χ1v) is 7.78. The average Bonchev–Trinajstić information content (AvgIpc) is 3.02. The van der Waals surface area contributed by atoms with Gasteiger partial charge in [0.05, 0.1) is 10.6 Å². The normalized spacial score (nSPS) is 21.6. The van der Waals surface area contributed by atoms with E-state index in [1.54, 1.807) is 19.1 Å². The summed E-state index contributed by atoms with van der Waals surface area (Å²) in [6, 6.07) is 5.96. The number of benzene rings is 1. The Bertz CT molecular complexity index is 666. The summed E-state index contributed by atoms with van der Waals surface area (Å²) in [6.07, 6.45) is 0.667. The van der Waals surface area contributed by atoms with E-state index >= 15 is 0 Å². The van der Waals surface area contributed by atoms with Crippen LogP contribution in [0.2, 0.25) is 0 Å². The molecular formula is C16H23N5O3. The van der Waals surface area contributed by atoms with Gasteiger partial charge in [0.25, 0.3) is 11.6 Å². The Morgan fingerprint density at radius 3 is 2.67 bits per heavy atom. The molecule has 0 bridgehead atoms. The van der Waals surface area contributed by atoms with Gasteiger partial charge in [-0.2, -0.15) is 5.10 Å². The van der Waals surface area contributed by atoms with Crippen LogP contribution in [0.5, 0.6) is 0 Å². The Morgan fingerprint density at radius 1 is 1.38 bits per heavy atom. The Hall–Kier alpha value is -2.32. The molecule has 1 heterocycles. The Kier molecular flexibility index (Phi) is 5.30. The SMILES string of the molecule is C/C(=N\NC(=O)C1CC(C(C)(C)C)NN1)c1cccc([N+](=O)[O-])c1. The molecule has 130 valence electrons. The molecule has 2 unspecified atom stereocenters. The number of nitrogens with zero attached hydrogens (tertiary/aromatic N) is 2. The molecule has 0 spiro atoms. The van der Waals surface area contributed by atoms with Crippen LogP contribution in [0.3, 0.4) is 0 Å². The number of non-ortho nitro benzene ring substituents is 1. The molecule has 1 aromatic rings. The minimum absolute atomic E-state index is 0.0111. The molecule has 1 aliphatic rings. The topological polar surface area (TPSA) is 109 Å². The molecule has 1 fully saturated rings. The van der Waals surface area contributed by atoms with Crippen molar-refractivity contribution in [1.29, 1.82) is 0 Å². The molecule has 1 aromatic carbocycles. The van der Waals surface area contributed by atoms with Gasteiger partial charge in [0.15, 0.2) is 0 Å². The lowest BCUT2D eigenvalue weighted by Gasteiger charge is -2.25. The highest BCUT2D eigenvalue weighted by atomic mass is 16.6. The molecule has 1 aliphatic heterocycles. The van der Waals surface area contributed by atoms with Gasteiger partial charge in [0, 0.05) is 23.7 Å². The van der Waals surface area contributed by atoms with Crippen molar-refractivity contribution in [2.45, 2.75) is 46.2 Å². The monoisotopic (exact) mass is 333 g/mol. The maximum Gasteiger partial charge on any atom is 0.270 e. The smallest absolute Gasteiger partial charge is 0.270 e. The van der Waals surface area contributed by atoms with Crippen LogP contribution >= 0.6 is 0 Å². The van der Waals surface area contributed by atoms with Crippen molar-refractivity contribution in [3.05, 3.63) is 39.9 Å². The number of hydrazine groups is 1. The van der Waals surface area contributed by atoms with Gasteiger partial charge in [-0.25, -0.2) is 10.9 Å². The van der Waals surface area contributed by atoms with E-state index in [4.69, 9.17) is 0 Å². The van der Waals surface area contributed by atoms with Gasteiger partial charge < -0.3 is 0 Å². The maximum absolute atomic E-state index is 12.2. The fraction of sp³-hybridized carbons (Fsp3) is 0.500. The van der Waals surface area contributed by atoms with Gasteiger partial charge in [0.1, 0.15) is 6.04 Å². The number of hydrogen-bond donors (Lipinski definition) is 3. The number of amides is 1. The summed E-state index contributed by atoms with van der Waals surface area (Å²) < 4.78 is 0. The van der Waals surface area contributed by atoms with Crippen LogP contribution in [0.25, 0.3) is 0 Å². The van der Waals surface area contributed by atoms with Crippen LogP contribution in [0, 0.1) is 15.5 Å². The number of carbonyl (C=O) groups excluding carboxylic acids is 1. The minimum Gasteiger partial charge on any atom is -0.271 e. The molecule has 0 aromatic heterocycles. The highest BCUT2D eigenvalue weighted by molar-refractivity contribution is 5.99. The summed E-state index contributed by atoms with van der Waals surface area (Å²) in [7, 11) is 0. The first-order chi connectivity index (χ1) is 11.2. The quantitative estimate of drug-likeness (QED) is 0.441. The van der Waals surface area contributed by atoms with Gasteiger partial charge in [0.2, 0.25) is 0 Å². The standard InChI is InChI=1S/C16H23N5O3/c1-10(11-6-5-7-12(8-11)21(23)24)17-20-15(22)13-9-14(19-18-13)16(2,3)4/h5-8,13-14,18-19H,9H2,1-4H3,(H,20,22)/b17-10+. The van der Waals surface area contributed by atoms with Crippen molar-refractivity contribution < 1.29 is 9.72 Å². The van der Waals surface area contributed by atoms with E-state index in [0.29, 0.717) is 17.7 Å². The van der Waals surface area contributed by atoms with Crippen LogP contribution in [0.15, 0.2) is 29.4 Å². The van der Waals surface area contributed by atoms with Crippen molar-refractivity contribution in [3.8, 4) is 0 Å². The third-order valence-corrected chi connectivity index (χ3v) is 4.07. The largest absolute Gasteiger partial charge is 0.271 e. The Labute approximate surface area is 140 Å². The summed E-state index contributed by atoms with van der Waals surface area (Å²) >= 11 is 0. The molecule has 2 atom stereocenters. The van der Waals surface area contributed by atoms with Crippen LogP contribution in [0.4, 0.5) is 5.69 Å². The van der Waals surface area contributed by atoms with E-state index in [0.717, 1.165) is 0 Å². The predicted octanol–water partition coefficient (Wildman–Crippen LogP) is 1.72. The zero-order chi connectivity index (χ0) is 17.9. The number of nitro benzene ring substituents is 1. The maximum atomic E-state index is 12.2.